The third-order valence-corrected chi connectivity index (χ3v) is 4.79. The summed E-state index contributed by atoms with van der Waals surface area (Å²) in [6, 6.07) is 9.75. The zero-order valence-electron chi connectivity index (χ0n) is 13.4. The Morgan fingerprint density at radius 2 is 2.04 bits per heavy atom. The van der Waals surface area contributed by atoms with Crippen molar-refractivity contribution in [2.45, 2.75) is 26.3 Å². The molecule has 0 aliphatic rings. The number of benzene rings is 1. The zero-order valence-corrected chi connectivity index (χ0v) is 14.2. The Hall–Kier alpha value is -2.47. The van der Waals surface area contributed by atoms with Crippen LogP contribution in [0.2, 0.25) is 0 Å². The predicted octanol–water partition coefficient (Wildman–Crippen LogP) is 3.94. The van der Waals surface area contributed by atoms with Crippen molar-refractivity contribution in [3.05, 3.63) is 75.1 Å². The number of aryl methyl sites for hydroxylation is 2. The first-order valence-corrected chi connectivity index (χ1v) is 8.42. The van der Waals surface area contributed by atoms with E-state index in [4.69, 9.17) is 4.52 Å². The Kier molecular flexibility index (Phi) is 4.76. The zero-order chi connectivity index (χ0) is 17.1. The average molecular weight is 344 g/mol. The molecular weight excluding hydrogens is 327 g/mol. The highest BCUT2D eigenvalue weighted by Gasteiger charge is 2.20. The molecule has 2 aromatic heterocycles. The first kappa shape index (κ1) is 16.4. The number of nitrogens with zero attached hydrogens (tertiary/aromatic N) is 1. The second kappa shape index (κ2) is 6.97. The van der Waals surface area contributed by atoms with Crippen molar-refractivity contribution in [3.8, 4) is 0 Å². The number of rotatable bonds is 5. The van der Waals surface area contributed by atoms with Gasteiger partial charge in [-0.15, -0.1) is 11.3 Å². The highest BCUT2D eigenvalue weighted by atomic mass is 32.1. The molecule has 0 saturated carbocycles. The second-order valence-electron chi connectivity index (χ2n) is 5.55. The van der Waals surface area contributed by atoms with E-state index in [0.717, 1.165) is 21.7 Å². The number of aromatic nitrogens is 1. The highest BCUT2D eigenvalue weighted by Crippen LogP contribution is 2.26. The molecule has 0 spiro atoms. The van der Waals surface area contributed by atoms with E-state index in [2.05, 4.69) is 10.5 Å². The minimum atomic E-state index is -0.307. The van der Waals surface area contributed by atoms with Gasteiger partial charge in [0.15, 0.2) is 0 Å². The van der Waals surface area contributed by atoms with E-state index in [-0.39, 0.29) is 24.2 Å². The number of halogens is 1. The first-order valence-electron chi connectivity index (χ1n) is 7.54. The number of hydrogen-bond acceptors (Lipinski definition) is 4. The molecule has 0 radical (unpaired) electrons. The molecular formula is C18H17FN2O2S. The third-order valence-electron chi connectivity index (χ3n) is 3.85. The van der Waals surface area contributed by atoms with Gasteiger partial charge in [0.05, 0.1) is 18.2 Å². The van der Waals surface area contributed by atoms with E-state index in [1.165, 1.54) is 12.1 Å². The van der Waals surface area contributed by atoms with E-state index >= 15 is 0 Å². The number of carbonyl (C=O) groups excluding carboxylic acids is 1. The summed E-state index contributed by atoms with van der Waals surface area (Å²) in [6.07, 6.45) is 0.199. The van der Waals surface area contributed by atoms with Gasteiger partial charge in [0, 0.05) is 10.4 Å². The SMILES string of the molecule is Cc1noc(C)c1CC(=O)N[C@@H](c1ccc(F)cc1)c1cccs1. The maximum absolute atomic E-state index is 13.2. The van der Waals surface area contributed by atoms with Crippen molar-refractivity contribution in [1.29, 1.82) is 0 Å². The molecule has 1 amide bonds. The van der Waals surface area contributed by atoms with Crippen LogP contribution >= 0.6 is 11.3 Å². The molecule has 3 rings (SSSR count). The van der Waals surface area contributed by atoms with Crippen LogP contribution in [-0.4, -0.2) is 11.1 Å². The average Bonchev–Trinajstić information content (AvgIpc) is 3.19. The normalized spacial score (nSPS) is 12.1. The van der Waals surface area contributed by atoms with Gasteiger partial charge < -0.3 is 9.84 Å². The van der Waals surface area contributed by atoms with Gasteiger partial charge in [0.2, 0.25) is 5.91 Å². The lowest BCUT2D eigenvalue weighted by Crippen LogP contribution is -2.30. The fraction of sp³-hybridized carbons (Fsp3) is 0.222. The van der Waals surface area contributed by atoms with Crippen molar-refractivity contribution in [3.63, 3.8) is 0 Å². The Labute approximate surface area is 143 Å². The summed E-state index contributed by atoms with van der Waals surface area (Å²) < 4.78 is 18.3. The summed E-state index contributed by atoms with van der Waals surface area (Å²) in [4.78, 5) is 13.5. The molecule has 0 aliphatic heterocycles. The summed E-state index contributed by atoms with van der Waals surface area (Å²) in [6.45, 7) is 3.61. The van der Waals surface area contributed by atoms with Crippen LogP contribution in [0.15, 0.2) is 46.3 Å². The molecule has 124 valence electrons. The highest BCUT2D eigenvalue weighted by molar-refractivity contribution is 7.10. The monoisotopic (exact) mass is 344 g/mol. The number of thiophene rings is 1. The molecule has 2 heterocycles. The number of amides is 1. The number of hydrogen-bond donors (Lipinski definition) is 1. The lowest BCUT2D eigenvalue weighted by atomic mass is 10.0. The summed E-state index contributed by atoms with van der Waals surface area (Å²) in [5, 5.41) is 8.85. The summed E-state index contributed by atoms with van der Waals surface area (Å²) in [5.41, 5.74) is 2.36. The topological polar surface area (TPSA) is 55.1 Å². The van der Waals surface area contributed by atoms with Crippen LogP contribution in [0.25, 0.3) is 0 Å². The van der Waals surface area contributed by atoms with E-state index in [1.54, 1.807) is 30.4 Å². The third kappa shape index (κ3) is 3.54. The fourth-order valence-electron chi connectivity index (χ4n) is 2.56. The van der Waals surface area contributed by atoms with Crippen molar-refractivity contribution in [2.75, 3.05) is 0 Å². The van der Waals surface area contributed by atoms with E-state index in [9.17, 15) is 9.18 Å². The summed E-state index contributed by atoms with van der Waals surface area (Å²) >= 11 is 1.55. The van der Waals surface area contributed by atoms with Crippen molar-refractivity contribution < 1.29 is 13.7 Å². The fourth-order valence-corrected chi connectivity index (χ4v) is 3.36. The van der Waals surface area contributed by atoms with Crippen LogP contribution in [0.3, 0.4) is 0 Å². The number of carbonyl (C=O) groups is 1. The minimum Gasteiger partial charge on any atom is -0.361 e. The molecule has 0 aliphatic carbocycles. The van der Waals surface area contributed by atoms with Gasteiger partial charge in [-0.2, -0.15) is 0 Å². The standard InChI is InChI=1S/C18H17FN2O2S/c1-11-15(12(2)23-21-11)10-17(22)20-18(16-4-3-9-24-16)13-5-7-14(19)8-6-13/h3-9,18H,10H2,1-2H3,(H,20,22)/t18-/m0/s1. The Morgan fingerprint density at radius 1 is 1.29 bits per heavy atom. The van der Waals surface area contributed by atoms with Gasteiger partial charge in [0.25, 0.3) is 0 Å². The van der Waals surface area contributed by atoms with Gasteiger partial charge in [-0.3, -0.25) is 4.79 Å². The van der Waals surface area contributed by atoms with Crippen molar-refractivity contribution in [1.82, 2.24) is 10.5 Å². The van der Waals surface area contributed by atoms with E-state index in [1.807, 2.05) is 24.4 Å². The van der Waals surface area contributed by atoms with E-state index < -0.39 is 0 Å². The Balaban J connectivity index is 1.82. The smallest absolute Gasteiger partial charge is 0.225 e. The predicted molar refractivity (Wildman–Crippen MR) is 90.4 cm³/mol. The van der Waals surface area contributed by atoms with Crippen molar-refractivity contribution >= 4 is 17.2 Å². The van der Waals surface area contributed by atoms with Crippen molar-refractivity contribution in [2.24, 2.45) is 0 Å². The van der Waals surface area contributed by atoms with Gasteiger partial charge >= 0.3 is 0 Å². The van der Waals surface area contributed by atoms with Crippen LogP contribution in [0.4, 0.5) is 4.39 Å². The van der Waals surface area contributed by atoms with Gasteiger partial charge in [-0.25, -0.2) is 4.39 Å². The van der Waals surface area contributed by atoms with Gasteiger partial charge in [-0.1, -0.05) is 23.4 Å². The molecule has 3 aromatic rings. The largest absolute Gasteiger partial charge is 0.361 e. The first-order chi connectivity index (χ1) is 11.5. The summed E-state index contributed by atoms with van der Waals surface area (Å²) in [5.74, 6) is 0.218. The molecule has 0 unspecified atom stereocenters. The van der Waals surface area contributed by atoms with Gasteiger partial charge in [0.1, 0.15) is 11.6 Å². The molecule has 1 N–H and O–H groups in total. The molecule has 1 atom stereocenters. The maximum atomic E-state index is 13.2. The van der Waals surface area contributed by atoms with Crippen LogP contribution in [0.5, 0.6) is 0 Å². The molecule has 0 fully saturated rings. The Bertz CT molecular complexity index is 806. The summed E-state index contributed by atoms with van der Waals surface area (Å²) in [7, 11) is 0. The van der Waals surface area contributed by atoms with Crippen LogP contribution < -0.4 is 5.32 Å². The molecule has 0 saturated heterocycles. The maximum Gasteiger partial charge on any atom is 0.225 e. The quantitative estimate of drug-likeness (QED) is 0.763. The molecule has 4 nitrogen and oxygen atoms in total. The Morgan fingerprint density at radius 3 is 2.62 bits per heavy atom. The lowest BCUT2D eigenvalue weighted by Gasteiger charge is -2.18. The minimum absolute atomic E-state index is 0.132. The van der Waals surface area contributed by atoms with E-state index in [0.29, 0.717) is 5.76 Å². The van der Waals surface area contributed by atoms with Crippen LogP contribution in [-0.2, 0) is 11.2 Å². The van der Waals surface area contributed by atoms with Crippen LogP contribution in [0, 0.1) is 19.7 Å². The number of nitrogens with one attached hydrogen (secondary N) is 1. The van der Waals surface area contributed by atoms with Crippen LogP contribution in [0.1, 0.15) is 33.5 Å². The molecule has 1 aromatic carbocycles. The molecule has 6 heteroatoms. The molecule has 0 bridgehead atoms. The molecule has 24 heavy (non-hydrogen) atoms. The second-order valence-corrected chi connectivity index (χ2v) is 6.53. The lowest BCUT2D eigenvalue weighted by molar-refractivity contribution is -0.120. The van der Waals surface area contributed by atoms with Gasteiger partial charge in [-0.05, 0) is 43.0 Å².